The van der Waals surface area contributed by atoms with Crippen molar-refractivity contribution in [2.24, 2.45) is 11.8 Å². The molecule has 0 amide bonds. The highest BCUT2D eigenvalue weighted by Crippen LogP contribution is 2.44. The van der Waals surface area contributed by atoms with Crippen molar-refractivity contribution in [3.63, 3.8) is 0 Å². The van der Waals surface area contributed by atoms with Crippen LogP contribution in [0.3, 0.4) is 0 Å². The number of carbonyl (C=O) groups is 3. The second-order valence-corrected chi connectivity index (χ2v) is 7.56. The van der Waals surface area contributed by atoms with Crippen LogP contribution in [0.2, 0.25) is 0 Å². The van der Waals surface area contributed by atoms with E-state index in [-0.39, 0.29) is 17.8 Å². The first-order chi connectivity index (χ1) is 12.6. The third-order valence-corrected chi connectivity index (χ3v) is 5.70. The van der Waals surface area contributed by atoms with E-state index in [9.17, 15) is 19.5 Å². The Balaban J connectivity index is 2.06. The molecule has 2 bridgehead atoms. The lowest BCUT2D eigenvalue weighted by atomic mass is 9.79. The van der Waals surface area contributed by atoms with E-state index >= 15 is 0 Å². The number of ether oxygens (including phenoxy) is 3. The molecule has 3 aliphatic rings. The van der Waals surface area contributed by atoms with Gasteiger partial charge in [0.05, 0.1) is 5.92 Å². The lowest BCUT2D eigenvalue weighted by molar-refractivity contribution is -0.156. The fraction of sp³-hybridized carbons (Fsp3) is 0.550. The van der Waals surface area contributed by atoms with E-state index in [2.05, 4.69) is 6.58 Å². The van der Waals surface area contributed by atoms with Gasteiger partial charge in [0.1, 0.15) is 24.1 Å². The SMILES string of the molecule is C=C1C(=O)O[C@@H]2[C@@H](O)[C@@H](C)C3=CC(=O)[C@@](C)(C[C@H](OC(=O)C(C)=CC)[C@@H]12)O3. The molecule has 0 aliphatic carbocycles. The predicted octanol–water partition coefficient (Wildman–Crippen LogP) is 1.60. The number of fused-ring (bicyclic) bond motifs is 3. The van der Waals surface area contributed by atoms with Gasteiger partial charge in [-0.25, -0.2) is 9.59 Å². The number of aliphatic hydroxyl groups excluding tert-OH is 1. The minimum atomic E-state index is -1.25. The second-order valence-electron chi connectivity index (χ2n) is 7.56. The molecule has 3 heterocycles. The fourth-order valence-electron chi connectivity index (χ4n) is 3.74. The number of rotatable bonds is 2. The molecular weight excluding hydrogens is 352 g/mol. The fourth-order valence-corrected chi connectivity index (χ4v) is 3.74. The normalized spacial score (nSPS) is 38.9. The molecule has 3 rings (SSSR count). The zero-order chi connectivity index (χ0) is 20.1. The van der Waals surface area contributed by atoms with Gasteiger partial charge in [-0.05, 0) is 20.8 Å². The lowest BCUT2D eigenvalue weighted by Crippen LogP contribution is -2.45. The average molecular weight is 376 g/mol. The molecule has 0 aromatic heterocycles. The Morgan fingerprint density at radius 2 is 2.11 bits per heavy atom. The van der Waals surface area contributed by atoms with Crippen LogP contribution in [0.1, 0.15) is 34.1 Å². The first-order valence-corrected chi connectivity index (χ1v) is 8.96. The third kappa shape index (κ3) is 3.10. The van der Waals surface area contributed by atoms with Crippen LogP contribution in [0.25, 0.3) is 0 Å². The molecular formula is C20H24O7. The Kier molecular flexibility index (Phi) is 4.76. The Morgan fingerprint density at radius 1 is 1.44 bits per heavy atom. The van der Waals surface area contributed by atoms with Crippen LogP contribution in [0.15, 0.2) is 35.6 Å². The van der Waals surface area contributed by atoms with Gasteiger partial charge in [-0.2, -0.15) is 0 Å². The summed E-state index contributed by atoms with van der Waals surface area (Å²) in [5.41, 5.74) is -0.748. The third-order valence-electron chi connectivity index (χ3n) is 5.70. The zero-order valence-corrected chi connectivity index (χ0v) is 15.9. The van der Waals surface area contributed by atoms with Crippen molar-refractivity contribution < 1.29 is 33.7 Å². The van der Waals surface area contributed by atoms with Gasteiger partial charge in [0.15, 0.2) is 5.60 Å². The van der Waals surface area contributed by atoms with Crippen molar-refractivity contribution in [3.05, 3.63) is 35.6 Å². The number of ketones is 1. The summed E-state index contributed by atoms with van der Waals surface area (Å²) in [4.78, 5) is 37.1. The van der Waals surface area contributed by atoms with E-state index in [1.807, 2.05) is 0 Å². The number of aliphatic hydroxyl groups is 1. The second kappa shape index (κ2) is 6.64. The van der Waals surface area contributed by atoms with Crippen molar-refractivity contribution in [1.82, 2.24) is 0 Å². The van der Waals surface area contributed by atoms with E-state index in [0.29, 0.717) is 11.3 Å². The standard InChI is InChI=1S/C20H24O7/c1-6-9(2)18(23)25-13-8-20(5)14(21)7-12(27-20)10(3)16(22)17-15(13)11(4)19(24)26-17/h6-7,10,13,15-17,22H,4,8H2,1-3,5H3/t10-,13-,15+,16-,17-,20+/m0/s1. The van der Waals surface area contributed by atoms with E-state index in [1.165, 1.54) is 6.08 Å². The van der Waals surface area contributed by atoms with Crippen LogP contribution in [-0.2, 0) is 28.6 Å². The molecule has 146 valence electrons. The van der Waals surface area contributed by atoms with Crippen molar-refractivity contribution >= 4 is 17.7 Å². The summed E-state index contributed by atoms with van der Waals surface area (Å²) >= 11 is 0. The zero-order valence-electron chi connectivity index (χ0n) is 15.9. The number of allylic oxidation sites excluding steroid dienone is 1. The molecule has 0 spiro atoms. The molecule has 7 nitrogen and oxygen atoms in total. The minimum Gasteiger partial charge on any atom is -0.483 e. The van der Waals surface area contributed by atoms with Crippen LogP contribution in [-0.4, -0.2) is 46.7 Å². The van der Waals surface area contributed by atoms with Gasteiger partial charge in [-0.1, -0.05) is 19.6 Å². The summed E-state index contributed by atoms with van der Waals surface area (Å²) in [7, 11) is 0. The van der Waals surface area contributed by atoms with Crippen molar-refractivity contribution in [2.75, 3.05) is 0 Å². The molecule has 7 heteroatoms. The van der Waals surface area contributed by atoms with Crippen LogP contribution >= 0.6 is 0 Å². The highest BCUT2D eigenvalue weighted by atomic mass is 16.6. The number of hydrogen-bond acceptors (Lipinski definition) is 7. The van der Waals surface area contributed by atoms with E-state index in [4.69, 9.17) is 14.2 Å². The Morgan fingerprint density at radius 3 is 2.74 bits per heavy atom. The monoisotopic (exact) mass is 376 g/mol. The quantitative estimate of drug-likeness (QED) is 0.577. The molecule has 0 aromatic rings. The number of esters is 2. The van der Waals surface area contributed by atoms with Crippen molar-refractivity contribution in [3.8, 4) is 0 Å². The molecule has 2 saturated heterocycles. The molecule has 0 unspecified atom stereocenters. The molecule has 1 N–H and O–H groups in total. The first kappa shape index (κ1) is 19.4. The van der Waals surface area contributed by atoms with Crippen molar-refractivity contribution in [1.29, 1.82) is 0 Å². The average Bonchev–Trinajstić information content (AvgIpc) is 3.08. The van der Waals surface area contributed by atoms with Gasteiger partial charge in [0.25, 0.3) is 0 Å². The van der Waals surface area contributed by atoms with E-state index < -0.39 is 47.7 Å². The summed E-state index contributed by atoms with van der Waals surface area (Å²) in [6, 6.07) is 0. The number of carbonyl (C=O) groups excluding carboxylic acids is 3. The Hall–Kier alpha value is -2.41. The summed E-state index contributed by atoms with van der Waals surface area (Å²) < 4.78 is 16.9. The molecule has 0 saturated carbocycles. The first-order valence-electron chi connectivity index (χ1n) is 8.96. The molecule has 0 aromatic carbocycles. The van der Waals surface area contributed by atoms with Crippen molar-refractivity contribution in [2.45, 2.75) is 58.0 Å². The Labute approximate surface area is 157 Å². The largest absolute Gasteiger partial charge is 0.483 e. The smallest absolute Gasteiger partial charge is 0.334 e. The van der Waals surface area contributed by atoms with Gasteiger partial charge in [0.2, 0.25) is 5.78 Å². The predicted molar refractivity (Wildman–Crippen MR) is 94.2 cm³/mol. The number of hydrogen-bond donors (Lipinski definition) is 1. The molecule has 27 heavy (non-hydrogen) atoms. The highest BCUT2D eigenvalue weighted by molar-refractivity contribution is 5.99. The topological polar surface area (TPSA) is 99.1 Å². The summed E-state index contributed by atoms with van der Waals surface area (Å²) in [6.45, 7) is 10.4. The summed E-state index contributed by atoms with van der Waals surface area (Å²) in [5.74, 6) is -2.49. The maximum Gasteiger partial charge on any atom is 0.334 e. The maximum atomic E-state index is 12.6. The molecule has 0 radical (unpaired) electrons. The molecule has 2 fully saturated rings. The van der Waals surface area contributed by atoms with Gasteiger partial charge in [0, 0.05) is 29.6 Å². The lowest BCUT2D eigenvalue weighted by Gasteiger charge is -2.32. The van der Waals surface area contributed by atoms with Gasteiger partial charge >= 0.3 is 11.9 Å². The van der Waals surface area contributed by atoms with E-state index in [1.54, 1.807) is 33.8 Å². The van der Waals surface area contributed by atoms with Crippen LogP contribution in [0.4, 0.5) is 0 Å². The maximum absolute atomic E-state index is 12.6. The summed E-state index contributed by atoms with van der Waals surface area (Å²) in [5, 5.41) is 10.8. The van der Waals surface area contributed by atoms with Gasteiger partial charge in [-0.15, -0.1) is 0 Å². The van der Waals surface area contributed by atoms with Crippen LogP contribution in [0.5, 0.6) is 0 Å². The molecule has 3 aliphatic heterocycles. The van der Waals surface area contributed by atoms with Gasteiger partial charge in [-0.3, -0.25) is 4.79 Å². The van der Waals surface area contributed by atoms with Crippen LogP contribution in [0, 0.1) is 11.8 Å². The van der Waals surface area contributed by atoms with Crippen LogP contribution < -0.4 is 0 Å². The Bertz CT molecular complexity index is 777. The molecule has 6 atom stereocenters. The highest BCUT2D eigenvalue weighted by Gasteiger charge is 2.56. The minimum absolute atomic E-state index is 0.0187. The van der Waals surface area contributed by atoms with E-state index in [0.717, 1.165) is 0 Å². The summed E-state index contributed by atoms with van der Waals surface area (Å²) in [6.07, 6.45) is -0.0120. The van der Waals surface area contributed by atoms with Gasteiger partial charge < -0.3 is 19.3 Å².